The SMILES string of the molecule is CC1(C)CCN(c2c(Cl)cccc2CN)CCS1. The van der Waals surface area contributed by atoms with E-state index in [1.54, 1.807) is 0 Å². The van der Waals surface area contributed by atoms with Crippen molar-refractivity contribution in [2.45, 2.75) is 31.6 Å². The summed E-state index contributed by atoms with van der Waals surface area (Å²) in [4.78, 5) is 2.40. The molecule has 0 unspecified atom stereocenters. The van der Waals surface area contributed by atoms with Crippen molar-refractivity contribution in [3.63, 3.8) is 0 Å². The van der Waals surface area contributed by atoms with Gasteiger partial charge in [-0.15, -0.1) is 0 Å². The molecule has 1 heterocycles. The second-order valence-corrected chi connectivity index (χ2v) is 7.51. The Labute approximate surface area is 119 Å². The lowest BCUT2D eigenvalue weighted by atomic mass is 10.1. The van der Waals surface area contributed by atoms with Crippen molar-refractivity contribution in [2.24, 2.45) is 5.73 Å². The van der Waals surface area contributed by atoms with Gasteiger partial charge in [0.05, 0.1) is 10.7 Å². The van der Waals surface area contributed by atoms with Gasteiger partial charge in [-0.1, -0.05) is 37.6 Å². The van der Waals surface area contributed by atoms with Gasteiger partial charge in [0.15, 0.2) is 0 Å². The molecule has 1 saturated heterocycles. The molecule has 1 aromatic carbocycles. The molecule has 0 aliphatic carbocycles. The first kappa shape index (κ1) is 14.0. The second kappa shape index (κ2) is 5.72. The van der Waals surface area contributed by atoms with Crippen LogP contribution in [0.5, 0.6) is 0 Å². The molecule has 0 atom stereocenters. The van der Waals surface area contributed by atoms with Crippen LogP contribution in [0.3, 0.4) is 0 Å². The van der Waals surface area contributed by atoms with E-state index in [9.17, 15) is 0 Å². The lowest BCUT2D eigenvalue weighted by Gasteiger charge is -2.27. The molecule has 0 bridgehead atoms. The number of nitrogens with two attached hydrogens (primary N) is 1. The van der Waals surface area contributed by atoms with Gasteiger partial charge in [-0.2, -0.15) is 11.8 Å². The summed E-state index contributed by atoms with van der Waals surface area (Å²) in [6.45, 7) is 7.28. The zero-order chi connectivity index (χ0) is 13.2. The molecule has 1 fully saturated rings. The highest BCUT2D eigenvalue weighted by molar-refractivity contribution is 8.00. The van der Waals surface area contributed by atoms with E-state index in [4.69, 9.17) is 17.3 Å². The highest BCUT2D eigenvalue weighted by Crippen LogP contribution is 2.36. The van der Waals surface area contributed by atoms with Crippen molar-refractivity contribution < 1.29 is 0 Å². The van der Waals surface area contributed by atoms with Gasteiger partial charge in [0.1, 0.15) is 0 Å². The van der Waals surface area contributed by atoms with Crippen LogP contribution in [-0.4, -0.2) is 23.6 Å². The first-order chi connectivity index (χ1) is 8.53. The lowest BCUT2D eigenvalue weighted by molar-refractivity contribution is 0.637. The van der Waals surface area contributed by atoms with E-state index in [1.807, 2.05) is 23.9 Å². The molecule has 1 aliphatic heterocycles. The summed E-state index contributed by atoms with van der Waals surface area (Å²) < 4.78 is 0.360. The van der Waals surface area contributed by atoms with Gasteiger partial charge >= 0.3 is 0 Å². The minimum atomic E-state index is 0.360. The topological polar surface area (TPSA) is 29.3 Å². The first-order valence-corrected chi connectivity index (χ1v) is 7.76. The Morgan fingerprint density at radius 3 is 2.89 bits per heavy atom. The molecular formula is C14H21ClN2S. The van der Waals surface area contributed by atoms with Gasteiger partial charge in [-0.3, -0.25) is 0 Å². The summed E-state index contributed by atoms with van der Waals surface area (Å²) in [5.41, 5.74) is 8.11. The van der Waals surface area contributed by atoms with E-state index in [0.29, 0.717) is 11.3 Å². The third-order valence-corrected chi connectivity index (χ3v) is 5.12. The normalized spacial score (nSPS) is 19.7. The molecule has 2 rings (SSSR count). The summed E-state index contributed by atoms with van der Waals surface area (Å²) in [7, 11) is 0. The van der Waals surface area contributed by atoms with Crippen LogP contribution in [0.25, 0.3) is 0 Å². The van der Waals surface area contributed by atoms with Gasteiger partial charge in [-0.05, 0) is 18.1 Å². The monoisotopic (exact) mass is 284 g/mol. The number of hydrogen-bond acceptors (Lipinski definition) is 3. The molecule has 2 N–H and O–H groups in total. The maximum Gasteiger partial charge on any atom is 0.0642 e. The highest BCUT2D eigenvalue weighted by atomic mass is 35.5. The molecule has 1 aromatic rings. The van der Waals surface area contributed by atoms with E-state index in [-0.39, 0.29) is 0 Å². The summed E-state index contributed by atoms with van der Waals surface area (Å²) in [6.07, 6.45) is 1.17. The maximum absolute atomic E-state index is 6.36. The van der Waals surface area contributed by atoms with Crippen LogP contribution in [0.4, 0.5) is 5.69 Å². The number of para-hydroxylation sites is 1. The fourth-order valence-electron chi connectivity index (χ4n) is 2.32. The minimum absolute atomic E-state index is 0.360. The van der Waals surface area contributed by atoms with Gasteiger partial charge < -0.3 is 10.6 Å². The first-order valence-electron chi connectivity index (χ1n) is 6.40. The minimum Gasteiger partial charge on any atom is -0.369 e. The summed E-state index contributed by atoms with van der Waals surface area (Å²) in [5.74, 6) is 1.14. The van der Waals surface area contributed by atoms with Crippen molar-refractivity contribution in [1.82, 2.24) is 0 Å². The van der Waals surface area contributed by atoms with Crippen molar-refractivity contribution in [3.8, 4) is 0 Å². The molecule has 4 heteroatoms. The fraction of sp³-hybridized carbons (Fsp3) is 0.571. The van der Waals surface area contributed by atoms with Crippen LogP contribution in [0.2, 0.25) is 5.02 Å². The van der Waals surface area contributed by atoms with Crippen LogP contribution in [0.1, 0.15) is 25.8 Å². The molecule has 100 valence electrons. The Kier molecular flexibility index (Phi) is 4.46. The second-order valence-electron chi connectivity index (χ2n) is 5.30. The fourth-order valence-corrected chi connectivity index (χ4v) is 3.74. The van der Waals surface area contributed by atoms with Crippen molar-refractivity contribution >= 4 is 29.1 Å². The molecule has 1 aliphatic rings. The predicted molar refractivity (Wildman–Crippen MR) is 82.7 cm³/mol. The number of halogens is 1. The number of hydrogen-bond donors (Lipinski definition) is 1. The van der Waals surface area contributed by atoms with E-state index < -0.39 is 0 Å². The zero-order valence-electron chi connectivity index (χ0n) is 11.1. The van der Waals surface area contributed by atoms with Crippen molar-refractivity contribution in [3.05, 3.63) is 28.8 Å². The van der Waals surface area contributed by atoms with Crippen LogP contribution < -0.4 is 10.6 Å². The summed E-state index contributed by atoms with van der Waals surface area (Å²) >= 11 is 8.40. The van der Waals surface area contributed by atoms with E-state index >= 15 is 0 Å². The Hall–Kier alpha value is -0.380. The Bertz CT molecular complexity index is 420. The van der Waals surface area contributed by atoms with Gasteiger partial charge in [0.2, 0.25) is 0 Å². The van der Waals surface area contributed by atoms with Gasteiger partial charge in [0.25, 0.3) is 0 Å². The third-order valence-electron chi connectivity index (χ3n) is 3.44. The van der Waals surface area contributed by atoms with E-state index in [0.717, 1.165) is 35.1 Å². The zero-order valence-corrected chi connectivity index (χ0v) is 12.7. The quantitative estimate of drug-likeness (QED) is 0.901. The molecule has 0 radical (unpaired) electrons. The van der Waals surface area contributed by atoms with Gasteiger partial charge in [0, 0.05) is 30.1 Å². The Morgan fingerprint density at radius 1 is 1.39 bits per heavy atom. The Morgan fingerprint density at radius 2 is 2.17 bits per heavy atom. The van der Waals surface area contributed by atoms with Crippen LogP contribution in [0.15, 0.2) is 18.2 Å². The number of benzene rings is 1. The molecule has 0 saturated carbocycles. The van der Waals surface area contributed by atoms with Crippen LogP contribution in [0, 0.1) is 0 Å². The maximum atomic E-state index is 6.36. The molecule has 0 spiro atoms. The molecular weight excluding hydrogens is 264 g/mol. The largest absolute Gasteiger partial charge is 0.369 e. The van der Waals surface area contributed by atoms with Crippen LogP contribution in [-0.2, 0) is 6.54 Å². The smallest absolute Gasteiger partial charge is 0.0642 e. The van der Waals surface area contributed by atoms with Crippen molar-refractivity contribution in [1.29, 1.82) is 0 Å². The predicted octanol–water partition coefficient (Wildman–Crippen LogP) is 3.52. The third kappa shape index (κ3) is 3.14. The number of nitrogens with zero attached hydrogens (tertiary/aromatic N) is 1. The summed E-state index contributed by atoms with van der Waals surface area (Å²) in [5, 5.41) is 0.822. The van der Waals surface area contributed by atoms with E-state index in [1.165, 1.54) is 6.42 Å². The van der Waals surface area contributed by atoms with E-state index in [2.05, 4.69) is 24.8 Å². The summed E-state index contributed by atoms with van der Waals surface area (Å²) in [6, 6.07) is 6.01. The number of anilines is 1. The molecule has 2 nitrogen and oxygen atoms in total. The van der Waals surface area contributed by atoms with Crippen LogP contribution >= 0.6 is 23.4 Å². The lowest BCUT2D eigenvalue weighted by Crippen LogP contribution is -2.28. The average Bonchev–Trinajstić information content (AvgIpc) is 2.50. The molecule has 18 heavy (non-hydrogen) atoms. The highest BCUT2D eigenvalue weighted by Gasteiger charge is 2.25. The standard InChI is InChI=1S/C14H21ClN2S/c1-14(2)6-7-17(8-9-18-14)13-11(10-16)4-3-5-12(13)15/h3-5H,6-10,16H2,1-2H3. The Balaban J connectivity index is 2.26. The molecule has 0 amide bonds. The number of thioether (sulfide) groups is 1. The number of rotatable bonds is 2. The molecule has 0 aromatic heterocycles. The van der Waals surface area contributed by atoms with Crippen molar-refractivity contribution in [2.75, 3.05) is 23.7 Å². The average molecular weight is 285 g/mol. The van der Waals surface area contributed by atoms with Gasteiger partial charge in [-0.25, -0.2) is 0 Å².